The Morgan fingerprint density at radius 3 is 1.05 bits per heavy atom. The van der Waals surface area contributed by atoms with E-state index in [-0.39, 0.29) is 123 Å². The summed E-state index contributed by atoms with van der Waals surface area (Å²) in [6, 6.07) is 29.4. The number of fused-ring (bicyclic) bond motifs is 12. The molecular formula is C105H108Cl2F12N8O4. The summed E-state index contributed by atoms with van der Waals surface area (Å²) in [5.74, 6) is -6.68. The van der Waals surface area contributed by atoms with Crippen LogP contribution in [0.4, 0.5) is 52.7 Å². The Bertz CT molecular complexity index is 6300. The second-order valence-corrected chi connectivity index (χ2v) is 38.2. The minimum atomic E-state index is -1.57. The van der Waals surface area contributed by atoms with Crippen molar-refractivity contribution in [3.8, 4) is 0 Å². The van der Waals surface area contributed by atoms with Crippen molar-refractivity contribution >= 4 is 114 Å². The molecule has 12 aromatic rings. The van der Waals surface area contributed by atoms with E-state index in [4.69, 9.17) is 23.2 Å². The number of aromatic amines is 4. The first-order valence-electron chi connectivity index (χ1n) is 43.9. The first kappa shape index (κ1) is 97.7. The van der Waals surface area contributed by atoms with Gasteiger partial charge < -0.3 is 19.9 Å². The number of hydrogen-bond acceptors (Lipinski definition) is 8. The minimum absolute atomic E-state index is 0.000729. The van der Waals surface area contributed by atoms with E-state index >= 15 is 35.1 Å². The van der Waals surface area contributed by atoms with Crippen LogP contribution in [0.1, 0.15) is 231 Å². The molecule has 4 aliphatic heterocycles. The summed E-state index contributed by atoms with van der Waals surface area (Å²) in [5, 5.41) is 4.73. The molecular weight excluding hydrogens is 1740 g/mol. The molecule has 0 fully saturated rings. The van der Waals surface area contributed by atoms with Gasteiger partial charge in [-0.2, -0.15) is 0 Å². The van der Waals surface area contributed by atoms with E-state index in [0.29, 0.717) is 71.5 Å². The van der Waals surface area contributed by atoms with Gasteiger partial charge in [0.05, 0.1) is 24.2 Å². The number of ketones is 4. The van der Waals surface area contributed by atoms with Crippen LogP contribution in [-0.4, -0.2) is 130 Å². The molecule has 8 aromatic carbocycles. The smallest absolute Gasteiger partial charge is 0.152 e. The van der Waals surface area contributed by atoms with Gasteiger partial charge in [-0.25, -0.2) is 52.7 Å². The molecule has 0 saturated heterocycles. The van der Waals surface area contributed by atoms with Crippen LogP contribution in [-0.2, 0) is 44.9 Å². The highest BCUT2D eigenvalue weighted by Crippen LogP contribution is 2.50. The molecule has 131 heavy (non-hydrogen) atoms. The highest BCUT2D eigenvalue weighted by atomic mass is 35.5. The molecule has 16 rings (SSSR count). The number of aromatic nitrogens is 4. The molecule has 0 aliphatic carbocycles. The number of alkyl halides is 3. The van der Waals surface area contributed by atoms with E-state index in [2.05, 4.69) is 38.7 Å². The van der Waals surface area contributed by atoms with Crippen molar-refractivity contribution in [2.45, 2.75) is 208 Å². The van der Waals surface area contributed by atoms with E-state index in [1.165, 1.54) is 179 Å². The molecule has 0 saturated carbocycles. The van der Waals surface area contributed by atoms with Crippen LogP contribution in [0.25, 0.3) is 67.9 Å². The van der Waals surface area contributed by atoms with Crippen LogP contribution in [0.15, 0.2) is 152 Å². The van der Waals surface area contributed by atoms with Crippen molar-refractivity contribution in [3.63, 3.8) is 0 Å². The fraction of sp³-hybridized carbons (Fsp3) is 0.352. The lowest BCUT2D eigenvalue weighted by Gasteiger charge is -2.44. The Labute approximate surface area is 765 Å². The fourth-order valence-electron chi connectivity index (χ4n) is 19.0. The molecule has 8 unspecified atom stereocenters. The monoisotopic (exact) mass is 1840 g/mol. The molecule has 0 spiro atoms. The van der Waals surface area contributed by atoms with E-state index in [9.17, 15) is 36.7 Å². The Kier molecular flexibility index (Phi) is 29.5. The summed E-state index contributed by atoms with van der Waals surface area (Å²) < 4.78 is 182. The van der Waals surface area contributed by atoms with Crippen molar-refractivity contribution in [1.29, 1.82) is 0 Å². The third-order valence-electron chi connectivity index (χ3n) is 24.3. The van der Waals surface area contributed by atoms with Gasteiger partial charge in [-0.3, -0.25) is 38.8 Å². The highest BCUT2D eigenvalue weighted by Gasteiger charge is 2.46. The van der Waals surface area contributed by atoms with Gasteiger partial charge >= 0.3 is 0 Å². The Morgan fingerprint density at radius 1 is 0.382 bits per heavy atom. The van der Waals surface area contributed by atoms with E-state index in [1.807, 2.05) is 84.9 Å². The van der Waals surface area contributed by atoms with E-state index in [1.54, 1.807) is 24.3 Å². The van der Waals surface area contributed by atoms with Crippen LogP contribution in [0, 0.1) is 58.3 Å². The Morgan fingerprint density at radius 2 is 0.679 bits per heavy atom. The lowest BCUT2D eigenvalue weighted by atomic mass is 9.85. The number of para-hydroxylation sites is 1. The summed E-state index contributed by atoms with van der Waals surface area (Å²) >= 11 is 12.4. The largest absolute Gasteiger partial charge is 0.357 e. The van der Waals surface area contributed by atoms with E-state index in [0.717, 1.165) is 65.9 Å². The van der Waals surface area contributed by atoms with Crippen LogP contribution >= 0.6 is 23.2 Å². The molecule has 26 heteroatoms. The van der Waals surface area contributed by atoms with Crippen LogP contribution in [0.3, 0.4) is 0 Å². The molecule has 4 aliphatic rings. The summed E-state index contributed by atoms with van der Waals surface area (Å²) in [6.07, 6.45) is 13.9. The van der Waals surface area contributed by atoms with Gasteiger partial charge in [0.1, 0.15) is 69.4 Å². The van der Waals surface area contributed by atoms with Gasteiger partial charge in [-0.1, -0.05) is 92.5 Å². The first-order valence-corrected chi connectivity index (χ1v) is 44.7. The number of nitrogens with zero attached hydrogens (tertiary/aromatic N) is 4. The number of allylic oxidation sites excluding steroid dienone is 4. The fourth-order valence-corrected chi connectivity index (χ4v) is 19.4. The normalized spacial score (nSPS) is 19.4. The molecule has 12 nitrogen and oxygen atoms in total. The Balaban J connectivity index is 0.000000149. The predicted octanol–water partition coefficient (Wildman–Crippen LogP) is 26.3. The third-order valence-corrected chi connectivity index (χ3v) is 24.8. The maximum atomic E-state index is 15.5. The number of rotatable bonds is 21. The summed E-state index contributed by atoms with van der Waals surface area (Å²) in [6.45, 7) is 27.0. The van der Waals surface area contributed by atoms with Crippen molar-refractivity contribution in [2.24, 2.45) is 5.92 Å². The number of benzene rings is 8. The van der Waals surface area contributed by atoms with Crippen molar-refractivity contribution in [2.75, 3.05) is 26.2 Å². The van der Waals surface area contributed by atoms with Crippen LogP contribution in [0.5, 0.6) is 0 Å². The molecule has 690 valence electrons. The maximum absolute atomic E-state index is 15.5. The summed E-state index contributed by atoms with van der Waals surface area (Å²) in [4.78, 5) is 65.9. The first-order chi connectivity index (χ1) is 61.6. The molecule has 4 aromatic heterocycles. The standard InChI is InChI=1S/C27H29F3N2O.2C26H26ClF3N2O.C26H27F3N2O/c1-5-18-14-20-19-8-6-7-9-23(19)31-25(20)26(32(18)15-27(3,4)30)24-21(28)12-17(13-22(24)29)11-10-16(2)33;1-14-9-19-18-12-17(27)7-8-22(18)31-24(19)25(32(14)13-26(3,4)30)23-20(28)10-16(11-21(23)29)6-5-15(2)33;1-14-9-19-18-8-7-17(27)12-22(18)31-24(19)25(32(14)13-26(3,4)30)23-20(28)10-16(11-21(23)29)6-5-15(2)33;1-14(2)13-31-15(3)9-20-19-12-18(27)7-8-23(19)30-25(20)26(31)24-21(28)10-17(11-22(24)29)6-5-16(4)32/h6-13,18,26,31H,5,14-15H2,1-4H3;2*5-8,10-12,14,25,31H,9,13H2,1-4H3;5-8,10-12,14-15,26,30H,9,13H2,1-4H3/b11-10+;3*6-5+. The number of nitrogens with one attached hydrogen (secondary N) is 4. The quantitative estimate of drug-likeness (QED) is 0.0411. The van der Waals surface area contributed by atoms with Gasteiger partial charge in [0.25, 0.3) is 0 Å². The van der Waals surface area contributed by atoms with Gasteiger partial charge in [-0.15, -0.1) is 0 Å². The highest BCUT2D eigenvalue weighted by molar-refractivity contribution is 6.31. The number of hydrogen-bond donors (Lipinski definition) is 4. The number of carbonyl (C=O) groups is 4. The summed E-state index contributed by atoms with van der Waals surface area (Å²) in [5.41, 5.74) is 5.62. The zero-order valence-electron chi connectivity index (χ0n) is 76.0. The SMILES string of the molecule is CC(=O)/C=C/c1cc(F)c(C2c3[nH]c4cc(Cl)ccc4c3CC(C)N2CC(C)(C)F)c(F)c1.CC(=O)/C=C/c1cc(F)c(C2c3[nH]c4ccc(Cl)cc4c3CC(C)N2CC(C)(C)F)c(F)c1.CC(=O)/C=C/c1cc(F)c(C2c3[nH]c4ccc(F)cc4c3CC(C)N2CC(C)C)c(F)c1.CCC1Cc2c([nH]c3ccccc23)C(c2c(F)cc(/C=C/C(C)=O)cc2F)N1CC(C)(C)F. The topological polar surface area (TPSA) is 144 Å². The predicted molar refractivity (Wildman–Crippen MR) is 499 cm³/mol. The second-order valence-electron chi connectivity index (χ2n) is 37.4. The van der Waals surface area contributed by atoms with E-state index < -0.39 is 87.7 Å². The number of halogens is 14. The second kappa shape index (κ2) is 39.5. The van der Waals surface area contributed by atoms with Crippen molar-refractivity contribution in [1.82, 2.24) is 39.5 Å². The average Bonchev–Trinajstić information content (AvgIpc) is 1.63. The van der Waals surface area contributed by atoms with Gasteiger partial charge in [0.2, 0.25) is 0 Å². The van der Waals surface area contributed by atoms with Gasteiger partial charge in [0, 0.05) is 149 Å². The van der Waals surface area contributed by atoms with Crippen LogP contribution in [0.2, 0.25) is 10.0 Å². The summed E-state index contributed by atoms with van der Waals surface area (Å²) in [7, 11) is 0. The zero-order valence-corrected chi connectivity index (χ0v) is 77.5. The van der Waals surface area contributed by atoms with Gasteiger partial charge in [-0.05, 0) is 300 Å². The number of carbonyl (C=O) groups excluding carboxylic acids is 4. The lowest BCUT2D eigenvalue weighted by molar-refractivity contribution is -0.113. The Hall–Kier alpha value is -10.9. The van der Waals surface area contributed by atoms with Crippen LogP contribution < -0.4 is 0 Å². The molecule has 8 heterocycles. The zero-order chi connectivity index (χ0) is 95.2. The number of H-pyrrole nitrogens is 4. The molecule has 0 amide bonds. The molecule has 0 radical (unpaired) electrons. The van der Waals surface area contributed by atoms with Crippen molar-refractivity contribution in [3.05, 3.63) is 304 Å². The van der Waals surface area contributed by atoms with Gasteiger partial charge in [0.15, 0.2) is 23.1 Å². The minimum Gasteiger partial charge on any atom is -0.357 e. The maximum Gasteiger partial charge on any atom is 0.152 e. The third kappa shape index (κ3) is 22.1. The molecule has 0 bridgehead atoms. The van der Waals surface area contributed by atoms with Crippen molar-refractivity contribution < 1.29 is 71.9 Å². The average molecular weight is 1840 g/mol. The lowest BCUT2D eigenvalue weighted by Crippen LogP contribution is -2.49. The molecule has 4 N–H and O–H groups in total. The molecule has 8 atom stereocenters.